The van der Waals surface area contributed by atoms with Gasteiger partial charge in [0.05, 0.1) is 18.4 Å². The highest BCUT2D eigenvalue weighted by atomic mass is 16.6. The Labute approximate surface area is 164 Å². The molecule has 0 spiro atoms. The molecule has 29 heavy (non-hydrogen) atoms. The number of rotatable bonds is 4. The lowest BCUT2D eigenvalue weighted by Crippen LogP contribution is -2.18. The van der Waals surface area contributed by atoms with E-state index in [-0.39, 0.29) is 34.6 Å². The summed E-state index contributed by atoms with van der Waals surface area (Å²) in [5.41, 5.74) is 5.99. The first-order chi connectivity index (χ1) is 14.0. The number of nitrogens with zero attached hydrogens (tertiary/aromatic N) is 3. The first kappa shape index (κ1) is 18.1. The maximum atomic E-state index is 11.4. The molecular formula is C20H16N4O5. The molecule has 0 aliphatic rings. The Hall–Kier alpha value is -4.27. The summed E-state index contributed by atoms with van der Waals surface area (Å²) in [6, 6.07) is 15.5. The third kappa shape index (κ3) is 3.14. The highest BCUT2D eigenvalue weighted by Gasteiger charge is 2.23. The average Bonchev–Trinajstić information content (AvgIpc) is 3.10. The predicted molar refractivity (Wildman–Crippen MR) is 104 cm³/mol. The summed E-state index contributed by atoms with van der Waals surface area (Å²) in [4.78, 5) is 11.4. The van der Waals surface area contributed by atoms with Gasteiger partial charge < -0.3 is 25.4 Å². The largest absolute Gasteiger partial charge is 0.507 e. The SMILES string of the molecule is COc1cc(-c2nnc(OC(N)=O)n2-c2cccc3ccccc23)c(O)cc1O. The van der Waals surface area contributed by atoms with Gasteiger partial charge in [0.1, 0.15) is 5.75 Å². The van der Waals surface area contributed by atoms with Crippen molar-refractivity contribution in [2.45, 2.75) is 0 Å². The summed E-state index contributed by atoms with van der Waals surface area (Å²) >= 11 is 0. The van der Waals surface area contributed by atoms with Gasteiger partial charge >= 0.3 is 12.1 Å². The van der Waals surface area contributed by atoms with Crippen LogP contribution in [0, 0.1) is 0 Å². The van der Waals surface area contributed by atoms with Gasteiger partial charge in [0.2, 0.25) is 0 Å². The fraction of sp³-hybridized carbons (Fsp3) is 0.0500. The summed E-state index contributed by atoms with van der Waals surface area (Å²) in [7, 11) is 1.38. The molecule has 1 aromatic heterocycles. The number of benzene rings is 3. The van der Waals surface area contributed by atoms with Crippen LogP contribution < -0.4 is 15.2 Å². The van der Waals surface area contributed by atoms with E-state index < -0.39 is 6.09 Å². The smallest absolute Gasteiger partial charge is 0.412 e. The number of aromatic hydroxyl groups is 2. The molecule has 0 unspecified atom stereocenters. The topological polar surface area (TPSA) is 133 Å². The molecule has 3 aromatic carbocycles. The highest BCUT2D eigenvalue weighted by Crippen LogP contribution is 2.40. The molecular weight excluding hydrogens is 376 g/mol. The summed E-state index contributed by atoms with van der Waals surface area (Å²) in [6.45, 7) is 0. The number of methoxy groups -OCH3 is 1. The molecule has 0 bridgehead atoms. The molecule has 0 saturated heterocycles. The van der Waals surface area contributed by atoms with Crippen LogP contribution >= 0.6 is 0 Å². The summed E-state index contributed by atoms with van der Waals surface area (Å²) < 4.78 is 11.6. The molecule has 0 aliphatic heterocycles. The number of hydrogen-bond acceptors (Lipinski definition) is 7. The van der Waals surface area contributed by atoms with E-state index in [1.54, 1.807) is 6.07 Å². The van der Waals surface area contributed by atoms with Gasteiger partial charge in [0.15, 0.2) is 17.3 Å². The van der Waals surface area contributed by atoms with Gasteiger partial charge in [-0.2, -0.15) is 0 Å². The van der Waals surface area contributed by atoms with Crippen molar-refractivity contribution in [2.75, 3.05) is 7.11 Å². The van der Waals surface area contributed by atoms with Crippen molar-refractivity contribution < 1.29 is 24.5 Å². The normalized spacial score (nSPS) is 10.8. The number of ether oxygens (including phenoxy) is 2. The highest BCUT2D eigenvalue weighted by molar-refractivity contribution is 5.91. The lowest BCUT2D eigenvalue weighted by atomic mass is 10.1. The third-order valence-electron chi connectivity index (χ3n) is 4.37. The maximum Gasteiger partial charge on any atom is 0.412 e. The van der Waals surface area contributed by atoms with Gasteiger partial charge in [0.25, 0.3) is 0 Å². The number of aromatic nitrogens is 3. The van der Waals surface area contributed by atoms with E-state index >= 15 is 0 Å². The molecule has 0 fully saturated rings. The Bertz CT molecular complexity index is 1230. The Kier molecular flexibility index (Phi) is 4.40. The first-order valence-corrected chi connectivity index (χ1v) is 8.50. The number of hydrogen-bond donors (Lipinski definition) is 3. The minimum atomic E-state index is -1.06. The lowest BCUT2D eigenvalue weighted by molar-refractivity contribution is 0.206. The van der Waals surface area contributed by atoms with Crippen molar-refractivity contribution in [3.63, 3.8) is 0 Å². The zero-order chi connectivity index (χ0) is 20.5. The number of phenols is 2. The fourth-order valence-electron chi connectivity index (χ4n) is 3.12. The number of carbonyl (C=O) groups excluding carboxylic acids is 1. The number of phenolic OH excluding ortho intramolecular Hbond substituents is 2. The fourth-order valence-corrected chi connectivity index (χ4v) is 3.12. The quantitative estimate of drug-likeness (QED) is 0.486. The molecule has 4 N–H and O–H groups in total. The number of amides is 1. The van der Waals surface area contributed by atoms with E-state index in [1.165, 1.54) is 17.7 Å². The second-order valence-corrected chi connectivity index (χ2v) is 6.10. The second-order valence-electron chi connectivity index (χ2n) is 6.10. The lowest BCUT2D eigenvalue weighted by Gasteiger charge is -2.14. The van der Waals surface area contributed by atoms with Crippen molar-refractivity contribution in [2.24, 2.45) is 5.73 Å². The molecule has 1 heterocycles. The molecule has 4 rings (SSSR count). The van der Waals surface area contributed by atoms with Crippen molar-refractivity contribution >= 4 is 16.9 Å². The predicted octanol–water partition coefficient (Wildman–Crippen LogP) is 2.96. The molecule has 0 atom stereocenters. The van der Waals surface area contributed by atoms with Gasteiger partial charge in [-0.1, -0.05) is 41.5 Å². The van der Waals surface area contributed by atoms with Crippen molar-refractivity contribution in [1.82, 2.24) is 14.8 Å². The molecule has 0 radical (unpaired) electrons. The summed E-state index contributed by atoms with van der Waals surface area (Å²) in [5.74, 6) is -0.211. The number of carbonyl (C=O) groups is 1. The van der Waals surface area contributed by atoms with E-state index in [4.69, 9.17) is 15.2 Å². The standard InChI is InChI=1S/C20H16N4O5/c1-28-17-9-13(15(25)10-16(17)26)18-22-23-20(29-19(21)27)24(18)14-8-4-6-11-5-2-3-7-12(11)14/h2-10,25-26H,1H3,(H2,21,27). The van der Waals surface area contributed by atoms with Gasteiger partial charge in [-0.25, -0.2) is 9.36 Å². The number of nitrogens with two attached hydrogens (primary N) is 1. The minimum absolute atomic E-state index is 0.127. The Morgan fingerprint density at radius 2 is 1.79 bits per heavy atom. The second kappa shape index (κ2) is 7.04. The van der Waals surface area contributed by atoms with Crippen LogP contribution in [0.25, 0.3) is 27.8 Å². The molecule has 0 saturated carbocycles. The van der Waals surface area contributed by atoms with Crippen molar-refractivity contribution in [3.05, 3.63) is 54.6 Å². The van der Waals surface area contributed by atoms with Crippen molar-refractivity contribution in [1.29, 1.82) is 0 Å². The molecule has 9 heteroatoms. The van der Waals surface area contributed by atoms with E-state index in [2.05, 4.69) is 10.2 Å². The van der Waals surface area contributed by atoms with E-state index in [0.717, 1.165) is 16.8 Å². The first-order valence-electron chi connectivity index (χ1n) is 8.50. The van der Waals surface area contributed by atoms with Crippen molar-refractivity contribution in [3.8, 4) is 40.3 Å². The average molecular weight is 392 g/mol. The molecule has 4 aromatic rings. The van der Waals surface area contributed by atoms with Gasteiger partial charge in [0, 0.05) is 11.5 Å². The van der Waals surface area contributed by atoms with Crippen LogP contribution in [0.1, 0.15) is 0 Å². The molecule has 0 aliphatic carbocycles. The van der Waals surface area contributed by atoms with Crippen LogP contribution in [0.5, 0.6) is 23.3 Å². The van der Waals surface area contributed by atoms with E-state index in [0.29, 0.717) is 5.69 Å². The van der Waals surface area contributed by atoms with Crippen LogP contribution in [0.2, 0.25) is 0 Å². The monoisotopic (exact) mass is 392 g/mol. The van der Waals surface area contributed by atoms with Crippen LogP contribution in [-0.2, 0) is 0 Å². The van der Waals surface area contributed by atoms with Crippen LogP contribution in [0.4, 0.5) is 4.79 Å². The Morgan fingerprint density at radius 3 is 2.55 bits per heavy atom. The van der Waals surface area contributed by atoms with Gasteiger partial charge in [-0.15, -0.1) is 5.10 Å². The van der Waals surface area contributed by atoms with E-state index in [9.17, 15) is 15.0 Å². The maximum absolute atomic E-state index is 11.4. The molecule has 146 valence electrons. The van der Waals surface area contributed by atoms with Crippen LogP contribution in [-0.4, -0.2) is 38.2 Å². The third-order valence-corrected chi connectivity index (χ3v) is 4.37. The summed E-state index contributed by atoms with van der Waals surface area (Å²) in [5, 5.41) is 30.1. The number of primary amides is 1. The molecule has 9 nitrogen and oxygen atoms in total. The van der Waals surface area contributed by atoms with Gasteiger partial charge in [-0.05, 0) is 17.5 Å². The zero-order valence-corrected chi connectivity index (χ0v) is 15.2. The van der Waals surface area contributed by atoms with Crippen LogP contribution in [0.3, 0.4) is 0 Å². The molecule has 1 amide bonds. The van der Waals surface area contributed by atoms with Gasteiger partial charge in [-0.3, -0.25) is 0 Å². The zero-order valence-electron chi connectivity index (χ0n) is 15.2. The minimum Gasteiger partial charge on any atom is -0.507 e. The number of fused-ring (bicyclic) bond motifs is 1. The summed E-state index contributed by atoms with van der Waals surface area (Å²) in [6.07, 6.45) is -1.06. The van der Waals surface area contributed by atoms with E-state index in [1.807, 2.05) is 36.4 Å². The van der Waals surface area contributed by atoms with Crippen LogP contribution in [0.15, 0.2) is 54.6 Å². The Morgan fingerprint density at radius 1 is 1.03 bits per heavy atom. The Balaban J connectivity index is 2.03.